The highest BCUT2D eigenvalue weighted by molar-refractivity contribution is 9.10. The van der Waals surface area contributed by atoms with Crippen molar-refractivity contribution in [1.82, 2.24) is 0 Å². The minimum atomic E-state index is -0.905. The summed E-state index contributed by atoms with van der Waals surface area (Å²) in [5.74, 6) is -0.905. The Balaban J connectivity index is 2.27. The lowest BCUT2D eigenvalue weighted by molar-refractivity contribution is -0.138. The molecule has 2 N–H and O–H groups in total. The van der Waals surface area contributed by atoms with Crippen molar-refractivity contribution in [3.05, 3.63) is 58.6 Å². The number of thioether (sulfide) groups is 1. The van der Waals surface area contributed by atoms with Gasteiger partial charge in [-0.3, -0.25) is 0 Å². The van der Waals surface area contributed by atoms with Gasteiger partial charge in [-0.05, 0) is 52.0 Å². The van der Waals surface area contributed by atoms with Crippen LogP contribution < -0.4 is 5.32 Å². The fraction of sp³-hybridized carbons (Fsp3) is 0.133. The number of para-hydroxylation sites is 1. The summed E-state index contributed by atoms with van der Waals surface area (Å²) in [7, 11) is 0. The molecule has 0 heterocycles. The fourth-order valence-electron chi connectivity index (χ4n) is 1.82. The first kappa shape index (κ1) is 14.9. The fourth-order valence-corrected chi connectivity index (χ4v) is 2.63. The molecule has 0 saturated heterocycles. The lowest BCUT2D eigenvalue weighted by atomic mass is 10.1. The van der Waals surface area contributed by atoms with Crippen LogP contribution in [-0.4, -0.2) is 17.3 Å². The minimum Gasteiger partial charge on any atom is -0.479 e. The van der Waals surface area contributed by atoms with E-state index in [4.69, 9.17) is 0 Å². The molecule has 20 heavy (non-hydrogen) atoms. The number of rotatable bonds is 5. The van der Waals surface area contributed by atoms with Crippen LogP contribution in [0.3, 0.4) is 0 Å². The SMILES string of the molecule is CSc1ccc(C(Nc2ccccc2Br)C(=O)O)cc1. The summed E-state index contributed by atoms with van der Waals surface area (Å²) in [4.78, 5) is 12.6. The number of nitrogens with one attached hydrogen (secondary N) is 1. The van der Waals surface area contributed by atoms with Gasteiger partial charge in [-0.1, -0.05) is 24.3 Å². The molecule has 0 saturated carbocycles. The Morgan fingerprint density at radius 3 is 2.40 bits per heavy atom. The van der Waals surface area contributed by atoms with Crippen LogP contribution >= 0.6 is 27.7 Å². The average Bonchev–Trinajstić information content (AvgIpc) is 2.46. The molecule has 0 aromatic heterocycles. The zero-order valence-corrected chi connectivity index (χ0v) is 13.2. The second-order valence-corrected chi connectivity index (χ2v) is 5.90. The summed E-state index contributed by atoms with van der Waals surface area (Å²) in [6, 6.07) is 14.2. The predicted octanol–water partition coefficient (Wildman–Crippen LogP) is 4.41. The zero-order chi connectivity index (χ0) is 14.5. The number of carboxylic acids is 1. The third kappa shape index (κ3) is 3.55. The van der Waals surface area contributed by atoms with E-state index in [9.17, 15) is 9.90 Å². The third-order valence-corrected chi connectivity index (χ3v) is 4.30. The van der Waals surface area contributed by atoms with Crippen LogP contribution in [0.4, 0.5) is 5.69 Å². The maximum atomic E-state index is 11.5. The molecule has 104 valence electrons. The maximum absolute atomic E-state index is 11.5. The molecule has 5 heteroatoms. The van der Waals surface area contributed by atoms with Gasteiger partial charge in [-0.2, -0.15) is 0 Å². The number of carboxylic acid groups (broad SMARTS) is 1. The molecule has 2 rings (SSSR count). The van der Waals surface area contributed by atoms with Gasteiger partial charge in [0.2, 0.25) is 0 Å². The molecule has 0 aliphatic carbocycles. The monoisotopic (exact) mass is 351 g/mol. The number of carbonyl (C=O) groups is 1. The molecule has 0 aliphatic rings. The number of hydrogen-bond donors (Lipinski definition) is 2. The highest BCUT2D eigenvalue weighted by atomic mass is 79.9. The van der Waals surface area contributed by atoms with Gasteiger partial charge < -0.3 is 10.4 Å². The molecule has 0 radical (unpaired) electrons. The van der Waals surface area contributed by atoms with Crippen molar-refractivity contribution >= 4 is 39.3 Å². The summed E-state index contributed by atoms with van der Waals surface area (Å²) < 4.78 is 0.840. The number of hydrogen-bond acceptors (Lipinski definition) is 3. The van der Waals surface area contributed by atoms with E-state index in [-0.39, 0.29) is 0 Å². The average molecular weight is 352 g/mol. The molecule has 2 aromatic carbocycles. The largest absolute Gasteiger partial charge is 0.479 e. The Bertz CT molecular complexity index is 601. The van der Waals surface area contributed by atoms with Crippen LogP contribution in [0.2, 0.25) is 0 Å². The molecule has 0 aliphatic heterocycles. The summed E-state index contributed by atoms with van der Waals surface area (Å²) in [5, 5.41) is 12.5. The number of aliphatic carboxylic acids is 1. The van der Waals surface area contributed by atoms with Crippen molar-refractivity contribution in [2.75, 3.05) is 11.6 Å². The molecule has 3 nitrogen and oxygen atoms in total. The van der Waals surface area contributed by atoms with Gasteiger partial charge >= 0.3 is 5.97 Å². The van der Waals surface area contributed by atoms with Gasteiger partial charge in [0.25, 0.3) is 0 Å². The van der Waals surface area contributed by atoms with Crippen molar-refractivity contribution < 1.29 is 9.90 Å². The highest BCUT2D eigenvalue weighted by Crippen LogP contribution is 2.27. The molecule has 2 aromatic rings. The van der Waals surface area contributed by atoms with Crippen LogP contribution in [-0.2, 0) is 4.79 Å². The predicted molar refractivity (Wildman–Crippen MR) is 86.4 cm³/mol. The van der Waals surface area contributed by atoms with Gasteiger partial charge in [0, 0.05) is 15.1 Å². The Kier molecular flexibility index (Phi) is 5.09. The molecule has 0 spiro atoms. The Morgan fingerprint density at radius 1 is 1.20 bits per heavy atom. The molecule has 1 unspecified atom stereocenters. The Morgan fingerprint density at radius 2 is 1.85 bits per heavy atom. The standard InChI is InChI=1S/C15H14BrNO2S/c1-20-11-8-6-10(7-9-11)14(15(18)19)17-13-5-3-2-4-12(13)16/h2-9,14,17H,1H3,(H,18,19). The summed E-state index contributed by atoms with van der Waals surface area (Å²) >= 11 is 5.04. The molecular formula is C15H14BrNO2S. The topological polar surface area (TPSA) is 49.3 Å². The summed E-state index contributed by atoms with van der Waals surface area (Å²) in [6.45, 7) is 0. The van der Waals surface area contributed by atoms with Gasteiger partial charge in [0.15, 0.2) is 6.04 Å². The third-order valence-electron chi connectivity index (χ3n) is 2.87. The zero-order valence-electron chi connectivity index (χ0n) is 10.8. The van der Waals surface area contributed by atoms with Crippen LogP contribution in [0.5, 0.6) is 0 Å². The number of benzene rings is 2. The number of halogens is 1. The smallest absolute Gasteiger partial charge is 0.330 e. The van der Waals surface area contributed by atoms with Crippen molar-refractivity contribution in [2.45, 2.75) is 10.9 Å². The van der Waals surface area contributed by atoms with E-state index in [2.05, 4.69) is 21.2 Å². The van der Waals surface area contributed by atoms with E-state index in [1.807, 2.05) is 54.8 Å². The van der Waals surface area contributed by atoms with E-state index in [1.165, 1.54) is 0 Å². The van der Waals surface area contributed by atoms with Crippen LogP contribution in [0.15, 0.2) is 57.9 Å². The second-order valence-electron chi connectivity index (χ2n) is 4.17. The lowest BCUT2D eigenvalue weighted by Crippen LogP contribution is -2.20. The first-order chi connectivity index (χ1) is 9.61. The first-order valence-electron chi connectivity index (χ1n) is 5.99. The molecule has 1 atom stereocenters. The molecular weight excluding hydrogens is 338 g/mol. The van der Waals surface area contributed by atoms with Crippen LogP contribution in [0, 0.1) is 0 Å². The molecule has 0 bridgehead atoms. The summed E-state index contributed by atoms with van der Waals surface area (Å²) in [5.41, 5.74) is 1.49. The minimum absolute atomic E-state index is 0.728. The van der Waals surface area contributed by atoms with Crippen molar-refractivity contribution in [2.24, 2.45) is 0 Å². The quantitative estimate of drug-likeness (QED) is 0.783. The van der Waals surface area contributed by atoms with E-state index in [1.54, 1.807) is 11.8 Å². The summed E-state index contributed by atoms with van der Waals surface area (Å²) in [6.07, 6.45) is 1.99. The van der Waals surface area contributed by atoms with E-state index < -0.39 is 12.0 Å². The van der Waals surface area contributed by atoms with Gasteiger partial charge in [-0.15, -0.1) is 11.8 Å². The van der Waals surface area contributed by atoms with Crippen molar-refractivity contribution in [3.63, 3.8) is 0 Å². The van der Waals surface area contributed by atoms with Crippen LogP contribution in [0.1, 0.15) is 11.6 Å². The maximum Gasteiger partial charge on any atom is 0.330 e. The second kappa shape index (κ2) is 6.81. The van der Waals surface area contributed by atoms with Gasteiger partial charge in [0.05, 0.1) is 0 Å². The van der Waals surface area contributed by atoms with Crippen molar-refractivity contribution in [1.29, 1.82) is 0 Å². The lowest BCUT2D eigenvalue weighted by Gasteiger charge is -2.17. The van der Waals surface area contributed by atoms with Crippen LogP contribution in [0.25, 0.3) is 0 Å². The van der Waals surface area contributed by atoms with E-state index in [0.717, 1.165) is 20.6 Å². The molecule has 0 amide bonds. The normalized spacial score (nSPS) is 11.9. The van der Waals surface area contributed by atoms with Crippen molar-refractivity contribution in [3.8, 4) is 0 Å². The molecule has 0 fully saturated rings. The van der Waals surface area contributed by atoms with E-state index in [0.29, 0.717) is 0 Å². The first-order valence-corrected chi connectivity index (χ1v) is 8.01. The Labute approximate surface area is 130 Å². The highest BCUT2D eigenvalue weighted by Gasteiger charge is 2.20. The Hall–Kier alpha value is -1.46. The van der Waals surface area contributed by atoms with Gasteiger partial charge in [-0.25, -0.2) is 4.79 Å². The van der Waals surface area contributed by atoms with E-state index >= 15 is 0 Å². The number of anilines is 1. The van der Waals surface area contributed by atoms with Gasteiger partial charge in [0.1, 0.15) is 0 Å².